The topological polar surface area (TPSA) is 89.6 Å². The van der Waals surface area contributed by atoms with Gasteiger partial charge in [0.25, 0.3) is 0 Å². The van der Waals surface area contributed by atoms with Crippen LogP contribution in [0.2, 0.25) is 0 Å². The number of esters is 1. The second kappa shape index (κ2) is 11.9. The third-order valence-electron chi connectivity index (χ3n) is 7.06. The molecule has 6 atom stereocenters. The van der Waals surface area contributed by atoms with Gasteiger partial charge in [0, 0.05) is 24.8 Å². The van der Waals surface area contributed by atoms with Gasteiger partial charge in [0.1, 0.15) is 5.78 Å². The van der Waals surface area contributed by atoms with Gasteiger partial charge in [-0.3, -0.25) is 9.59 Å². The fourth-order valence-corrected chi connectivity index (χ4v) is 5.66. The zero-order chi connectivity index (χ0) is 20.5. The molecule has 2 bridgehead atoms. The van der Waals surface area contributed by atoms with Crippen LogP contribution in [0.15, 0.2) is 0 Å². The van der Waals surface area contributed by atoms with Crippen molar-refractivity contribution in [2.45, 2.75) is 103 Å². The van der Waals surface area contributed by atoms with Crippen molar-refractivity contribution < 1.29 is 19.4 Å². The number of carbonyl (C=O) groups excluding carboxylic acids is 2. The molecule has 2 fully saturated rings. The van der Waals surface area contributed by atoms with Crippen LogP contribution in [0.5, 0.6) is 0 Å². The number of fused-ring (bicyclic) bond motifs is 2. The van der Waals surface area contributed by atoms with Crippen molar-refractivity contribution >= 4 is 11.8 Å². The van der Waals surface area contributed by atoms with Crippen molar-refractivity contribution in [2.75, 3.05) is 7.11 Å². The summed E-state index contributed by atoms with van der Waals surface area (Å²) in [5.74, 6) is 1.60. The number of methoxy groups -OCH3 is 1. The molecular formula is C23H41NO4. The van der Waals surface area contributed by atoms with Gasteiger partial charge in [0.15, 0.2) is 0 Å². The molecule has 2 saturated carbocycles. The smallest absolute Gasteiger partial charge is 0.305 e. The number of aliphatic hydroxyl groups excluding tert-OH is 1. The molecule has 28 heavy (non-hydrogen) atoms. The van der Waals surface area contributed by atoms with E-state index in [0.717, 1.165) is 57.8 Å². The summed E-state index contributed by atoms with van der Waals surface area (Å²) in [6, 6.07) is -0.0693. The minimum absolute atomic E-state index is 0.0693. The molecule has 0 aliphatic heterocycles. The van der Waals surface area contributed by atoms with Crippen LogP contribution in [0.4, 0.5) is 0 Å². The lowest BCUT2D eigenvalue weighted by atomic mass is 9.71. The highest BCUT2D eigenvalue weighted by Gasteiger charge is 2.52. The van der Waals surface area contributed by atoms with Crippen LogP contribution in [0.1, 0.15) is 90.4 Å². The third-order valence-corrected chi connectivity index (χ3v) is 7.06. The summed E-state index contributed by atoms with van der Waals surface area (Å²) in [7, 11) is 1.41. The summed E-state index contributed by atoms with van der Waals surface area (Å²) in [5.41, 5.74) is 6.56. The largest absolute Gasteiger partial charge is 0.469 e. The van der Waals surface area contributed by atoms with Crippen LogP contribution in [0.3, 0.4) is 0 Å². The lowest BCUT2D eigenvalue weighted by Crippen LogP contribution is -2.43. The van der Waals surface area contributed by atoms with Gasteiger partial charge in [-0.2, -0.15) is 0 Å². The van der Waals surface area contributed by atoms with Gasteiger partial charge in [-0.1, -0.05) is 32.6 Å². The van der Waals surface area contributed by atoms with Crippen molar-refractivity contribution in [1.29, 1.82) is 0 Å². The highest BCUT2D eigenvalue weighted by atomic mass is 16.5. The summed E-state index contributed by atoms with van der Waals surface area (Å²) in [6.07, 6.45) is 11.5. The predicted octanol–water partition coefficient (Wildman–Crippen LogP) is 4.00. The van der Waals surface area contributed by atoms with Gasteiger partial charge >= 0.3 is 5.97 Å². The van der Waals surface area contributed by atoms with Gasteiger partial charge in [-0.25, -0.2) is 0 Å². The molecule has 162 valence electrons. The first kappa shape index (κ1) is 23.3. The van der Waals surface area contributed by atoms with Crippen LogP contribution >= 0.6 is 0 Å². The molecule has 5 heteroatoms. The molecular weight excluding hydrogens is 354 g/mol. The monoisotopic (exact) mass is 395 g/mol. The van der Waals surface area contributed by atoms with E-state index in [1.165, 1.54) is 13.5 Å². The first-order valence-corrected chi connectivity index (χ1v) is 11.5. The maximum atomic E-state index is 13.0. The van der Waals surface area contributed by atoms with Crippen molar-refractivity contribution in [1.82, 2.24) is 0 Å². The third kappa shape index (κ3) is 6.55. The van der Waals surface area contributed by atoms with E-state index in [1.54, 1.807) is 0 Å². The standard InChI is InChI=1S/C23H41NO4/c1-3-4-6-9-18(25)15-19(24)22-16-12-13-17(14-16)23(22)20(26)10-7-5-8-11-21(27)28-2/h16-19,22-23,25H,3-15,24H2,1-2H3/t16?,17?,18?,19?,22-,23-/m1/s1. The molecule has 2 aliphatic carbocycles. The van der Waals surface area contributed by atoms with E-state index in [-0.39, 0.29) is 30.0 Å². The maximum absolute atomic E-state index is 13.0. The second-order valence-electron chi connectivity index (χ2n) is 9.09. The molecule has 2 aliphatic rings. The van der Waals surface area contributed by atoms with Crippen molar-refractivity contribution in [3.63, 3.8) is 0 Å². The summed E-state index contributed by atoms with van der Waals surface area (Å²) in [4.78, 5) is 24.2. The fourth-order valence-electron chi connectivity index (χ4n) is 5.66. The number of ketones is 1. The predicted molar refractivity (Wildman–Crippen MR) is 111 cm³/mol. The second-order valence-corrected chi connectivity index (χ2v) is 9.09. The van der Waals surface area contributed by atoms with Gasteiger partial charge in [0.2, 0.25) is 0 Å². The minimum Gasteiger partial charge on any atom is -0.469 e. The number of unbranched alkanes of at least 4 members (excludes halogenated alkanes) is 4. The normalized spacial score (nSPS) is 28.3. The van der Waals surface area contributed by atoms with Crippen LogP contribution in [0.25, 0.3) is 0 Å². The van der Waals surface area contributed by atoms with E-state index < -0.39 is 0 Å². The van der Waals surface area contributed by atoms with E-state index in [2.05, 4.69) is 11.7 Å². The van der Waals surface area contributed by atoms with Crippen LogP contribution in [0, 0.1) is 23.7 Å². The Bertz CT molecular complexity index is 495. The molecule has 0 heterocycles. The molecule has 0 aromatic carbocycles. The first-order valence-electron chi connectivity index (χ1n) is 11.5. The highest BCUT2D eigenvalue weighted by Crippen LogP contribution is 2.54. The summed E-state index contributed by atoms with van der Waals surface area (Å²) in [5, 5.41) is 10.4. The highest BCUT2D eigenvalue weighted by molar-refractivity contribution is 5.82. The SMILES string of the molecule is CCCCCC(O)CC(N)[C@H]1C2CCC(C2)[C@@H]1C(=O)CCCCCC(=O)OC. The summed E-state index contributed by atoms with van der Waals surface area (Å²) < 4.78 is 4.66. The molecule has 3 N–H and O–H groups in total. The number of rotatable bonds is 14. The summed E-state index contributed by atoms with van der Waals surface area (Å²) in [6.45, 7) is 2.17. The number of hydrogen-bond acceptors (Lipinski definition) is 5. The van der Waals surface area contributed by atoms with Crippen LogP contribution in [-0.2, 0) is 14.3 Å². The lowest BCUT2D eigenvalue weighted by molar-refractivity contribution is -0.140. The molecule has 0 spiro atoms. The average Bonchev–Trinajstić information content (AvgIpc) is 3.29. The molecule has 0 amide bonds. The number of Topliss-reactive ketones (excluding diaryl/α,β-unsaturated/α-hetero) is 1. The zero-order valence-electron chi connectivity index (χ0n) is 17.9. The Morgan fingerprint density at radius 3 is 2.50 bits per heavy atom. The Morgan fingerprint density at radius 1 is 1.07 bits per heavy atom. The van der Waals surface area contributed by atoms with Crippen molar-refractivity contribution in [2.24, 2.45) is 29.4 Å². The number of carbonyl (C=O) groups is 2. The molecule has 0 aromatic heterocycles. The van der Waals surface area contributed by atoms with E-state index in [4.69, 9.17) is 5.73 Å². The Balaban J connectivity index is 1.80. The fraction of sp³-hybridized carbons (Fsp3) is 0.913. The Kier molecular flexibility index (Phi) is 9.93. The number of ether oxygens (including phenoxy) is 1. The Morgan fingerprint density at radius 2 is 1.79 bits per heavy atom. The minimum atomic E-state index is -0.338. The van der Waals surface area contributed by atoms with Crippen LogP contribution < -0.4 is 5.73 Å². The number of hydrogen-bond donors (Lipinski definition) is 2. The molecule has 0 aromatic rings. The molecule has 0 saturated heterocycles. The van der Waals surface area contributed by atoms with Gasteiger partial charge in [0.05, 0.1) is 13.2 Å². The van der Waals surface area contributed by atoms with Gasteiger partial charge < -0.3 is 15.6 Å². The maximum Gasteiger partial charge on any atom is 0.305 e. The van der Waals surface area contributed by atoms with Gasteiger partial charge in [-0.05, 0) is 62.7 Å². The Labute approximate surface area is 170 Å². The van der Waals surface area contributed by atoms with Crippen molar-refractivity contribution in [3.05, 3.63) is 0 Å². The van der Waals surface area contributed by atoms with Gasteiger partial charge in [-0.15, -0.1) is 0 Å². The lowest BCUT2D eigenvalue weighted by Gasteiger charge is -2.35. The summed E-state index contributed by atoms with van der Waals surface area (Å²) >= 11 is 0. The zero-order valence-corrected chi connectivity index (χ0v) is 17.9. The van der Waals surface area contributed by atoms with Crippen molar-refractivity contribution in [3.8, 4) is 0 Å². The van der Waals surface area contributed by atoms with E-state index in [1.807, 2.05) is 0 Å². The first-order chi connectivity index (χ1) is 13.5. The van der Waals surface area contributed by atoms with E-state index >= 15 is 0 Å². The molecule has 2 rings (SSSR count). The number of nitrogens with two attached hydrogens (primary N) is 1. The Hall–Kier alpha value is -0.940. The van der Waals surface area contributed by atoms with E-state index in [0.29, 0.717) is 36.9 Å². The molecule has 5 nitrogen and oxygen atoms in total. The quantitative estimate of drug-likeness (QED) is 0.343. The number of aliphatic hydroxyl groups is 1. The molecule has 4 unspecified atom stereocenters. The molecule has 0 radical (unpaired) electrons. The average molecular weight is 396 g/mol. The van der Waals surface area contributed by atoms with E-state index in [9.17, 15) is 14.7 Å². The van der Waals surface area contributed by atoms with Crippen LogP contribution in [-0.4, -0.2) is 36.1 Å².